The highest BCUT2D eigenvalue weighted by atomic mass is 16.5. The summed E-state index contributed by atoms with van der Waals surface area (Å²) in [6.07, 6.45) is 3.04. The molecule has 2 aliphatic heterocycles. The first-order valence-electron chi connectivity index (χ1n) is 7.56. The van der Waals surface area contributed by atoms with E-state index in [0.29, 0.717) is 30.3 Å². The van der Waals surface area contributed by atoms with Crippen LogP contribution in [-0.4, -0.2) is 37.9 Å². The van der Waals surface area contributed by atoms with Gasteiger partial charge in [-0.3, -0.25) is 4.79 Å². The van der Waals surface area contributed by atoms with Crippen LogP contribution in [-0.2, 0) is 4.74 Å². The van der Waals surface area contributed by atoms with Crippen LogP contribution < -0.4 is 14.8 Å². The van der Waals surface area contributed by atoms with Crippen LogP contribution in [0.5, 0.6) is 11.5 Å². The van der Waals surface area contributed by atoms with E-state index in [0.717, 1.165) is 25.9 Å². The topological polar surface area (TPSA) is 56.8 Å². The van der Waals surface area contributed by atoms with Gasteiger partial charge >= 0.3 is 0 Å². The predicted molar refractivity (Wildman–Crippen MR) is 78.0 cm³/mol. The zero-order valence-corrected chi connectivity index (χ0v) is 12.3. The van der Waals surface area contributed by atoms with E-state index in [1.807, 2.05) is 6.92 Å². The molecule has 0 aromatic heterocycles. The van der Waals surface area contributed by atoms with E-state index in [1.165, 1.54) is 0 Å². The quantitative estimate of drug-likeness (QED) is 0.927. The minimum Gasteiger partial charge on any atom is -0.490 e. The van der Waals surface area contributed by atoms with E-state index < -0.39 is 0 Å². The van der Waals surface area contributed by atoms with Gasteiger partial charge in [0.15, 0.2) is 11.5 Å². The van der Waals surface area contributed by atoms with Gasteiger partial charge in [-0.25, -0.2) is 0 Å². The summed E-state index contributed by atoms with van der Waals surface area (Å²) in [4.78, 5) is 12.3. The van der Waals surface area contributed by atoms with Crippen LogP contribution in [0, 0.1) is 0 Å². The van der Waals surface area contributed by atoms with Gasteiger partial charge in [0.2, 0.25) is 0 Å². The smallest absolute Gasteiger partial charge is 0.251 e. The summed E-state index contributed by atoms with van der Waals surface area (Å²) in [6, 6.07) is 5.33. The Labute approximate surface area is 124 Å². The summed E-state index contributed by atoms with van der Waals surface area (Å²) in [5.74, 6) is 1.25. The van der Waals surface area contributed by atoms with Crippen LogP contribution in [0.3, 0.4) is 0 Å². The molecule has 0 aliphatic carbocycles. The Bertz CT molecular complexity index is 511. The monoisotopic (exact) mass is 291 g/mol. The molecule has 2 unspecified atom stereocenters. The molecule has 21 heavy (non-hydrogen) atoms. The van der Waals surface area contributed by atoms with Crippen molar-refractivity contribution in [3.8, 4) is 11.5 Å². The van der Waals surface area contributed by atoms with E-state index in [1.54, 1.807) is 18.2 Å². The number of benzene rings is 1. The van der Waals surface area contributed by atoms with Crippen LogP contribution in [0.15, 0.2) is 18.2 Å². The van der Waals surface area contributed by atoms with Crippen LogP contribution in [0.4, 0.5) is 0 Å². The molecule has 2 atom stereocenters. The number of nitrogens with one attached hydrogen (secondary N) is 1. The zero-order chi connectivity index (χ0) is 14.7. The lowest BCUT2D eigenvalue weighted by molar-refractivity contribution is 0.0712. The molecule has 0 saturated carbocycles. The van der Waals surface area contributed by atoms with Gasteiger partial charge in [0.25, 0.3) is 5.91 Å². The van der Waals surface area contributed by atoms with Crippen molar-refractivity contribution in [1.82, 2.24) is 5.32 Å². The van der Waals surface area contributed by atoms with Crippen LogP contribution >= 0.6 is 0 Å². The molecule has 2 aliphatic rings. The van der Waals surface area contributed by atoms with Crippen molar-refractivity contribution in [2.24, 2.45) is 0 Å². The number of fused-ring (bicyclic) bond motifs is 1. The fourth-order valence-corrected chi connectivity index (χ4v) is 2.68. The summed E-state index contributed by atoms with van der Waals surface area (Å²) < 4.78 is 16.8. The first kappa shape index (κ1) is 14.2. The Hall–Kier alpha value is -1.75. The molecule has 0 radical (unpaired) electrons. The normalized spacial score (nSPS) is 22.4. The molecule has 1 saturated heterocycles. The van der Waals surface area contributed by atoms with Crippen LogP contribution in [0.2, 0.25) is 0 Å². The van der Waals surface area contributed by atoms with Gasteiger partial charge in [0.05, 0.1) is 25.4 Å². The molecule has 5 heteroatoms. The maximum absolute atomic E-state index is 12.3. The number of hydrogen-bond donors (Lipinski definition) is 1. The molecule has 1 aromatic rings. The summed E-state index contributed by atoms with van der Waals surface area (Å²) in [7, 11) is 0. The standard InChI is InChI=1S/C16H21NO4/c1-11(13-4-2-7-19-13)17-16(18)12-5-6-14-15(10-12)21-9-3-8-20-14/h5-6,10-11,13H,2-4,7-9H2,1H3,(H,17,18). The Morgan fingerprint density at radius 1 is 1.19 bits per heavy atom. The van der Waals surface area contributed by atoms with Gasteiger partial charge in [-0.2, -0.15) is 0 Å². The molecule has 3 rings (SSSR count). The van der Waals surface area contributed by atoms with E-state index in [2.05, 4.69) is 5.32 Å². The number of carbonyl (C=O) groups is 1. The van der Waals surface area contributed by atoms with Gasteiger partial charge in [-0.1, -0.05) is 0 Å². The highest BCUT2D eigenvalue weighted by Gasteiger charge is 2.24. The minimum atomic E-state index is -0.103. The van der Waals surface area contributed by atoms with Gasteiger partial charge in [0, 0.05) is 18.6 Å². The van der Waals surface area contributed by atoms with Gasteiger partial charge in [-0.15, -0.1) is 0 Å². The van der Waals surface area contributed by atoms with Crippen LogP contribution in [0.1, 0.15) is 36.5 Å². The van der Waals surface area contributed by atoms with Crippen molar-refractivity contribution in [2.45, 2.75) is 38.3 Å². The van der Waals surface area contributed by atoms with Crippen molar-refractivity contribution in [1.29, 1.82) is 0 Å². The Balaban J connectivity index is 1.68. The molecule has 0 spiro atoms. The molecule has 0 bridgehead atoms. The Kier molecular flexibility index (Phi) is 4.29. The number of ether oxygens (including phenoxy) is 3. The van der Waals surface area contributed by atoms with Crippen molar-refractivity contribution in [2.75, 3.05) is 19.8 Å². The van der Waals surface area contributed by atoms with Crippen molar-refractivity contribution in [3.05, 3.63) is 23.8 Å². The van der Waals surface area contributed by atoms with Gasteiger partial charge in [-0.05, 0) is 38.0 Å². The summed E-state index contributed by atoms with van der Waals surface area (Å²) in [6.45, 7) is 4.03. The first-order chi connectivity index (χ1) is 10.2. The van der Waals surface area contributed by atoms with E-state index in [9.17, 15) is 4.79 Å². The SMILES string of the molecule is CC(NC(=O)c1ccc2c(c1)OCCCO2)C1CCCO1. The summed E-state index contributed by atoms with van der Waals surface area (Å²) in [5.41, 5.74) is 0.587. The Morgan fingerprint density at radius 3 is 2.76 bits per heavy atom. The fraction of sp³-hybridized carbons (Fsp3) is 0.562. The molecule has 1 amide bonds. The lowest BCUT2D eigenvalue weighted by Gasteiger charge is -2.20. The highest BCUT2D eigenvalue weighted by molar-refractivity contribution is 5.95. The average Bonchev–Trinajstić information content (AvgIpc) is 2.92. The predicted octanol–water partition coefficient (Wildman–Crippen LogP) is 2.15. The molecule has 5 nitrogen and oxygen atoms in total. The lowest BCUT2D eigenvalue weighted by atomic mass is 10.1. The third kappa shape index (κ3) is 3.29. The summed E-state index contributed by atoms with van der Waals surface area (Å²) >= 11 is 0. The second-order valence-corrected chi connectivity index (χ2v) is 5.53. The fourth-order valence-electron chi connectivity index (χ4n) is 2.68. The highest BCUT2D eigenvalue weighted by Crippen LogP contribution is 2.30. The molecule has 1 aromatic carbocycles. The van der Waals surface area contributed by atoms with E-state index in [-0.39, 0.29) is 18.1 Å². The van der Waals surface area contributed by atoms with E-state index >= 15 is 0 Å². The van der Waals surface area contributed by atoms with Crippen molar-refractivity contribution in [3.63, 3.8) is 0 Å². The number of carbonyl (C=O) groups excluding carboxylic acids is 1. The molecular formula is C16H21NO4. The molecule has 1 N–H and O–H groups in total. The molecule has 1 fully saturated rings. The first-order valence-corrected chi connectivity index (χ1v) is 7.56. The van der Waals surface area contributed by atoms with E-state index in [4.69, 9.17) is 14.2 Å². The Morgan fingerprint density at radius 2 is 2.00 bits per heavy atom. The number of amides is 1. The maximum Gasteiger partial charge on any atom is 0.251 e. The van der Waals surface area contributed by atoms with Crippen LogP contribution in [0.25, 0.3) is 0 Å². The lowest BCUT2D eigenvalue weighted by Crippen LogP contribution is -2.40. The minimum absolute atomic E-state index is 0.0102. The number of rotatable bonds is 3. The van der Waals surface area contributed by atoms with Crippen molar-refractivity contribution >= 4 is 5.91 Å². The largest absolute Gasteiger partial charge is 0.490 e. The van der Waals surface area contributed by atoms with Crippen molar-refractivity contribution < 1.29 is 19.0 Å². The zero-order valence-electron chi connectivity index (χ0n) is 12.3. The molecular weight excluding hydrogens is 270 g/mol. The second-order valence-electron chi connectivity index (χ2n) is 5.53. The summed E-state index contributed by atoms with van der Waals surface area (Å²) in [5, 5.41) is 3.00. The molecule has 114 valence electrons. The van der Waals surface area contributed by atoms with Gasteiger partial charge in [0.1, 0.15) is 0 Å². The maximum atomic E-state index is 12.3. The average molecular weight is 291 g/mol. The second kappa shape index (κ2) is 6.35. The third-order valence-corrected chi connectivity index (χ3v) is 3.89. The number of hydrogen-bond acceptors (Lipinski definition) is 4. The molecule has 2 heterocycles. The van der Waals surface area contributed by atoms with Gasteiger partial charge < -0.3 is 19.5 Å². The third-order valence-electron chi connectivity index (χ3n) is 3.89.